The van der Waals surface area contributed by atoms with Crippen molar-refractivity contribution in [2.24, 2.45) is 5.92 Å². The van der Waals surface area contributed by atoms with Crippen LogP contribution in [-0.2, 0) is 9.59 Å². The lowest BCUT2D eigenvalue weighted by atomic mass is 10.2. The van der Waals surface area contributed by atoms with Crippen molar-refractivity contribution in [3.63, 3.8) is 0 Å². The molecule has 2 amide bonds. The van der Waals surface area contributed by atoms with Gasteiger partial charge in [-0.25, -0.2) is 4.98 Å². The number of carbonyl (C=O) groups is 2. The van der Waals surface area contributed by atoms with Crippen LogP contribution in [0.2, 0.25) is 0 Å². The van der Waals surface area contributed by atoms with E-state index in [-0.39, 0.29) is 23.5 Å². The molecule has 0 unspecified atom stereocenters. The maximum absolute atomic E-state index is 12.7. The molecule has 0 saturated heterocycles. The molecule has 2 aromatic carbocycles. The Morgan fingerprint density at radius 3 is 2.47 bits per heavy atom. The number of carbonyl (C=O) groups excluding carboxylic acids is 2. The van der Waals surface area contributed by atoms with E-state index in [2.05, 4.69) is 25.3 Å². The fourth-order valence-electron chi connectivity index (χ4n) is 3.79. The lowest BCUT2D eigenvalue weighted by Crippen LogP contribution is -2.46. The highest BCUT2D eigenvalue weighted by atomic mass is 19.4. The summed E-state index contributed by atoms with van der Waals surface area (Å²) in [6, 6.07) is 12.5. The van der Waals surface area contributed by atoms with Crippen LogP contribution >= 0.6 is 0 Å². The van der Waals surface area contributed by atoms with Gasteiger partial charge in [0.1, 0.15) is 17.1 Å². The topological polar surface area (TPSA) is 96.1 Å². The van der Waals surface area contributed by atoms with E-state index in [0.29, 0.717) is 24.9 Å². The van der Waals surface area contributed by atoms with Crippen LogP contribution < -0.4 is 15.4 Å². The van der Waals surface area contributed by atoms with E-state index in [9.17, 15) is 22.8 Å². The molecular weight excluding hydrogens is 425 g/mol. The molecule has 2 saturated carbocycles. The fraction of sp³-hybridized carbons (Fsp3) is 0.318. The average Bonchev–Trinajstić information content (AvgIpc) is 3.65. The van der Waals surface area contributed by atoms with Crippen molar-refractivity contribution in [3.8, 4) is 5.75 Å². The van der Waals surface area contributed by atoms with E-state index in [1.807, 2.05) is 24.3 Å². The molecule has 2 aliphatic carbocycles. The molecule has 0 radical (unpaired) electrons. The van der Waals surface area contributed by atoms with E-state index < -0.39 is 17.8 Å². The van der Waals surface area contributed by atoms with Gasteiger partial charge in [-0.15, -0.1) is 13.2 Å². The second kappa shape index (κ2) is 7.25. The Morgan fingerprint density at radius 2 is 1.81 bits per heavy atom. The van der Waals surface area contributed by atoms with Gasteiger partial charge in [-0.05, 0) is 55.7 Å². The predicted octanol–water partition coefficient (Wildman–Crippen LogP) is 3.85. The van der Waals surface area contributed by atoms with Gasteiger partial charge >= 0.3 is 6.36 Å². The van der Waals surface area contributed by atoms with Crippen LogP contribution in [0.1, 0.15) is 31.0 Å². The molecule has 3 N–H and O–H groups in total. The first-order valence-corrected chi connectivity index (χ1v) is 10.2. The van der Waals surface area contributed by atoms with Crippen molar-refractivity contribution in [2.45, 2.75) is 37.1 Å². The molecule has 0 aliphatic heterocycles. The molecule has 0 spiro atoms. The van der Waals surface area contributed by atoms with E-state index in [4.69, 9.17) is 0 Å². The number of ether oxygens (including phenoxy) is 1. The van der Waals surface area contributed by atoms with Crippen molar-refractivity contribution >= 4 is 28.5 Å². The van der Waals surface area contributed by atoms with Crippen LogP contribution in [0.4, 0.5) is 18.9 Å². The van der Waals surface area contributed by atoms with Crippen molar-refractivity contribution in [1.29, 1.82) is 0 Å². The summed E-state index contributed by atoms with van der Waals surface area (Å²) in [5.74, 6) is -0.465. The maximum Gasteiger partial charge on any atom is 0.573 e. The van der Waals surface area contributed by atoms with Gasteiger partial charge in [0.25, 0.3) is 0 Å². The SMILES string of the molecule is O=C(NC1(C(=O)Nc2ccc(OC(F)(F)F)cc2)CC1)[C@H]1C[C@@H]1c1nc2ccccc2[nH]1. The van der Waals surface area contributed by atoms with E-state index in [0.717, 1.165) is 29.0 Å². The van der Waals surface area contributed by atoms with Crippen LogP contribution in [0, 0.1) is 5.92 Å². The zero-order valence-corrected chi connectivity index (χ0v) is 16.7. The molecule has 0 bridgehead atoms. The summed E-state index contributed by atoms with van der Waals surface area (Å²) in [4.78, 5) is 33.2. The Kier molecular flexibility index (Phi) is 4.61. The number of nitrogens with zero attached hydrogens (tertiary/aromatic N) is 1. The van der Waals surface area contributed by atoms with E-state index in [1.54, 1.807) is 0 Å². The van der Waals surface area contributed by atoms with Crippen LogP contribution in [0.15, 0.2) is 48.5 Å². The molecule has 1 aromatic heterocycles. The van der Waals surface area contributed by atoms with Gasteiger partial charge in [-0.3, -0.25) is 9.59 Å². The first-order chi connectivity index (χ1) is 15.2. The Bertz CT molecular complexity index is 1150. The number of benzene rings is 2. The number of anilines is 1. The summed E-state index contributed by atoms with van der Waals surface area (Å²) in [7, 11) is 0. The second-order valence-electron chi connectivity index (χ2n) is 8.19. The third kappa shape index (κ3) is 4.12. The summed E-state index contributed by atoms with van der Waals surface area (Å²) in [6.07, 6.45) is -3.12. The minimum atomic E-state index is -4.78. The molecule has 1 heterocycles. The van der Waals surface area contributed by atoms with Gasteiger partial charge in [0.05, 0.1) is 11.0 Å². The summed E-state index contributed by atoms with van der Waals surface area (Å²) in [5, 5.41) is 5.51. The normalized spacial score (nSPS) is 21.1. The van der Waals surface area contributed by atoms with Gasteiger partial charge in [0, 0.05) is 17.5 Å². The minimum Gasteiger partial charge on any atom is -0.406 e. The number of H-pyrrole nitrogens is 1. The number of imidazole rings is 1. The molecule has 2 atom stereocenters. The van der Waals surface area contributed by atoms with Crippen molar-refractivity contribution in [1.82, 2.24) is 15.3 Å². The number of alkyl halides is 3. The number of aromatic nitrogens is 2. The number of fused-ring (bicyclic) bond motifs is 1. The molecule has 10 heteroatoms. The third-order valence-electron chi connectivity index (χ3n) is 5.78. The molecule has 2 fully saturated rings. The molecule has 166 valence electrons. The maximum atomic E-state index is 12.7. The first-order valence-electron chi connectivity index (χ1n) is 10.2. The number of hydrogen-bond acceptors (Lipinski definition) is 4. The van der Waals surface area contributed by atoms with Crippen LogP contribution in [0.5, 0.6) is 5.75 Å². The minimum absolute atomic E-state index is 0.0116. The summed E-state index contributed by atoms with van der Waals surface area (Å²) >= 11 is 0. The Hall–Kier alpha value is -3.56. The highest BCUT2D eigenvalue weighted by Gasteiger charge is 2.55. The third-order valence-corrected chi connectivity index (χ3v) is 5.78. The molecule has 3 aromatic rings. The smallest absolute Gasteiger partial charge is 0.406 e. The predicted molar refractivity (Wildman–Crippen MR) is 109 cm³/mol. The van der Waals surface area contributed by atoms with Gasteiger partial charge in [-0.2, -0.15) is 0 Å². The zero-order chi connectivity index (χ0) is 22.5. The van der Waals surface area contributed by atoms with Gasteiger partial charge in [-0.1, -0.05) is 12.1 Å². The second-order valence-corrected chi connectivity index (χ2v) is 8.19. The number of nitrogens with one attached hydrogen (secondary N) is 3. The van der Waals surface area contributed by atoms with Gasteiger partial charge < -0.3 is 20.4 Å². The molecule has 7 nitrogen and oxygen atoms in total. The molecule has 5 rings (SSSR count). The first kappa shape index (κ1) is 20.3. The Morgan fingerprint density at radius 1 is 1.09 bits per heavy atom. The zero-order valence-electron chi connectivity index (χ0n) is 16.7. The lowest BCUT2D eigenvalue weighted by molar-refractivity contribution is -0.274. The summed E-state index contributed by atoms with van der Waals surface area (Å²) in [6.45, 7) is 0. The number of hydrogen-bond donors (Lipinski definition) is 3. The van der Waals surface area contributed by atoms with Crippen molar-refractivity contribution in [3.05, 3.63) is 54.4 Å². The highest BCUT2D eigenvalue weighted by Crippen LogP contribution is 2.48. The van der Waals surface area contributed by atoms with Crippen molar-refractivity contribution < 1.29 is 27.5 Å². The van der Waals surface area contributed by atoms with Crippen molar-refractivity contribution in [2.75, 3.05) is 5.32 Å². The number of rotatable bonds is 6. The number of aromatic amines is 1. The molecule has 2 aliphatic rings. The fourth-order valence-corrected chi connectivity index (χ4v) is 3.79. The highest BCUT2D eigenvalue weighted by molar-refractivity contribution is 6.03. The number of amides is 2. The van der Waals surface area contributed by atoms with E-state index in [1.165, 1.54) is 12.1 Å². The average molecular weight is 444 g/mol. The number of halogens is 3. The molecular formula is C22H19F3N4O3. The molecule has 32 heavy (non-hydrogen) atoms. The standard InChI is InChI=1S/C22H19F3N4O3/c23-22(24,25)32-13-7-5-12(6-8-13)26-20(31)21(9-10-21)29-19(30)15-11-14(15)18-27-16-3-1-2-4-17(16)28-18/h1-8,14-15H,9-11H2,(H,26,31)(H,27,28)(H,29,30)/t14-,15-/m0/s1. The largest absolute Gasteiger partial charge is 0.573 e. The number of para-hydroxylation sites is 2. The van der Waals surface area contributed by atoms with Crippen LogP contribution in [0.3, 0.4) is 0 Å². The van der Waals surface area contributed by atoms with Crippen LogP contribution in [-0.4, -0.2) is 33.7 Å². The Balaban J connectivity index is 1.18. The summed E-state index contributed by atoms with van der Waals surface area (Å²) < 4.78 is 40.6. The Labute approximate surface area is 180 Å². The lowest BCUT2D eigenvalue weighted by Gasteiger charge is -2.17. The van der Waals surface area contributed by atoms with Gasteiger partial charge in [0.2, 0.25) is 11.8 Å². The van der Waals surface area contributed by atoms with Crippen LogP contribution in [0.25, 0.3) is 11.0 Å². The quantitative estimate of drug-likeness (QED) is 0.538. The monoisotopic (exact) mass is 444 g/mol. The van der Waals surface area contributed by atoms with E-state index >= 15 is 0 Å². The van der Waals surface area contributed by atoms with Gasteiger partial charge in [0.15, 0.2) is 0 Å². The summed E-state index contributed by atoms with van der Waals surface area (Å²) in [5.41, 5.74) is 1.09.